The maximum Gasteiger partial charge on any atom is 0.257 e. The summed E-state index contributed by atoms with van der Waals surface area (Å²) in [6.45, 7) is 0.701. The Hall–Kier alpha value is -3.03. The molecule has 1 atom stereocenters. The van der Waals surface area contributed by atoms with Crippen LogP contribution in [0.4, 0.5) is 0 Å². The number of amides is 1. The van der Waals surface area contributed by atoms with Crippen LogP contribution in [0.5, 0.6) is 0 Å². The van der Waals surface area contributed by atoms with E-state index in [2.05, 4.69) is 25.0 Å². The molecule has 0 bridgehead atoms. The van der Waals surface area contributed by atoms with Gasteiger partial charge in [-0.2, -0.15) is 5.10 Å². The molecule has 4 rings (SSSR count). The van der Waals surface area contributed by atoms with E-state index in [1.807, 2.05) is 4.90 Å². The van der Waals surface area contributed by atoms with Crippen LogP contribution in [0.2, 0.25) is 0 Å². The molecule has 0 spiro atoms. The smallest absolute Gasteiger partial charge is 0.257 e. The van der Waals surface area contributed by atoms with Crippen molar-refractivity contribution in [3.05, 3.63) is 48.4 Å². The number of imidazole rings is 1. The van der Waals surface area contributed by atoms with Gasteiger partial charge in [0.2, 0.25) is 0 Å². The summed E-state index contributed by atoms with van der Waals surface area (Å²) in [5.74, 6) is 0.639. The van der Waals surface area contributed by atoms with E-state index >= 15 is 0 Å². The molecular weight excluding hydrogens is 306 g/mol. The van der Waals surface area contributed by atoms with Gasteiger partial charge >= 0.3 is 0 Å². The fourth-order valence-electron chi connectivity index (χ4n) is 3.16. The van der Waals surface area contributed by atoms with Crippen molar-refractivity contribution >= 4 is 5.91 Å². The minimum absolute atomic E-state index is 0.0263. The van der Waals surface area contributed by atoms with Gasteiger partial charge < -0.3 is 9.88 Å². The lowest BCUT2D eigenvalue weighted by atomic mass is 10.1. The lowest BCUT2D eigenvalue weighted by Crippen LogP contribution is -2.31. The highest BCUT2D eigenvalue weighted by Gasteiger charge is 2.34. The van der Waals surface area contributed by atoms with Crippen LogP contribution in [0.3, 0.4) is 0 Å². The number of hydrogen-bond acceptors (Lipinski definition) is 5. The SMILES string of the molecule is Cn1cc(C(=O)N2CCC[C@@H]2c2nccnc2-c2ncc[nH]2)cn1. The zero-order chi connectivity index (χ0) is 16.5. The van der Waals surface area contributed by atoms with Crippen LogP contribution in [0.25, 0.3) is 11.5 Å². The molecular formula is C16H17N7O. The Morgan fingerprint density at radius 1 is 1.25 bits per heavy atom. The van der Waals surface area contributed by atoms with E-state index in [4.69, 9.17) is 0 Å². The number of H-pyrrole nitrogens is 1. The van der Waals surface area contributed by atoms with Crippen LogP contribution in [0.1, 0.15) is 34.9 Å². The largest absolute Gasteiger partial charge is 0.343 e. The summed E-state index contributed by atoms with van der Waals surface area (Å²) in [5.41, 5.74) is 2.06. The fourth-order valence-corrected chi connectivity index (χ4v) is 3.16. The van der Waals surface area contributed by atoms with Gasteiger partial charge in [-0.3, -0.25) is 14.5 Å². The summed E-state index contributed by atoms with van der Waals surface area (Å²) >= 11 is 0. The molecule has 3 aromatic heterocycles. The van der Waals surface area contributed by atoms with E-state index in [0.717, 1.165) is 18.5 Å². The van der Waals surface area contributed by atoms with Crippen molar-refractivity contribution in [2.45, 2.75) is 18.9 Å². The number of carbonyl (C=O) groups excluding carboxylic acids is 1. The molecule has 1 saturated heterocycles. The van der Waals surface area contributed by atoms with E-state index in [0.29, 0.717) is 23.6 Å². The minimum Gasteiger partial charge on any atom is -0.343 e. The quantitative estimate of drug-likeness (QED) is 0.790. The number of aryl methyl sites for hydroxylation is 1. The van der Waals surface area contributed by atoms with Crippen molar-refractivity contribution in [1.82, 2.24) is 34.6 Å². The first kappa shape index (κ1) is 14.6. The van der Waals surface area contributed by atoms with Gasteiger partial charge in [0.15, 0.2) is 5.82 Å². The predicted octanol–water partition coefficient (Wildman–Crippen LogP) is 1.58. The fraction of sp³-hybridized carbons (Fsp3) is 0.312. The highest BCUT2D eigenvalue weighted by molar-refractivity contribution is 5.94. The summed E-state index contributed by atoms with van der Waals surface area (Å²) in [7, 11) is 1.80. The van der Waals surface area contributed by atoms with E-state index in [1.54, 1.807) is 48.9 Å². The van der Waals surface area contributed by atoms with Crippen LogP contribution in [-0.4, -0.2) is 47.1 Å². The molecule has 122 valence electrons. The average molecular weight is 323 g/mol. The maximum atomic E-state index is 12.8. The van der Waals surface area contributed by atoms with Gasteiger partial charge in [-0.05, 0) is 12.8 Å². The minimum atomic E-state index is -0.105. The molecule has 24 heavy (non-hydrogen) atoms. The van der Waals surface area contributed by atoms with E-state index in [1.165, 1.54) is 0 Å². The molecule has 0 unspecified atom stereocenters. The molecule has 4 heterocycles. The summed E-state index contributed by atoms with van der Waals surface area (Å²) in [5, 5.41) is 4.09. The first-order chi connectivity index (χ1) is 11.7. The van der Waals surface area contributed by atoms with Crippen LogP contribution in [0, 0.1) is 0 Å². The van der Waals surface area contributed by atoms with Crippen LogP contribution in [-0.2, 0) is 7.05 Å². The average Bonchev–Trinajstić information content (AvgIpc) is 3.35. The van der Waals surface area contributed by atoms with Crippen molar-refractivity contribution in [1.29, 1.82) is 0 Å². The molecule has 1 fully saturated rings. The number of likely N-dealkylation sites (tertiary alicyclic amines) is 1. The Morgan fingerprint density at radius 3 is 2.88 bits per heavy atom. The van der Waals surface area contributed by atoms with Gasteiger partial charge in [0.05, 0.1) is 23.5 Å². The molecule has 8 heteroatoms. The third-order valence-electron chi connectivity index (χ3n) is 4.23. The zero-order valence-electron chi connectivity index (χ0n) is 13.3. The third-order valence-corrected chi connectivity index (χ3v) is 4.23. The first-order valence-corrected chi connectivity index (χ1v) is 7.84. The molecule has 1 aliphatic rings. The monoisotopic (exact) mass is 323 g/mol. The Bertz CT molecular complexity index is 855. The second kappa shape index (κ2) is 5.88. The Kier molecular flexibility index (Phi) is 3.56. The van der Waals surface area contributed by atoms with Gasteiger partial charge in [-0.1, -0.05) is 0 Å². The van der Waals surface area contributed by atoms with E-state index < -0.39 is 0 Å². The van der Waals surface area contributed by atoms with Gasteiger partial charge in [0, 0.05) is 44.6 Å². The molecule has 1 aliphatic heterocycles. The number of nitrogens with zero attached hydrogens (tertiary/aromatic N) is 6. The van der Waals surface area contributed by atoms with Crippen molar-refractivity contribution in [2.24, 2.45) is 7.05 Å². The van der Waals surface area contributed by atoms with Gasteiger partial charge in [-0.25, -0.2) is 9.97 Å². The topological polar surface area (TPSA) is 92.6 Å². The lowest BCUT2D eigenvalue weighted by Gasteiger charge is -2.24. The standard InChI is InChI=1S/C16H17N7O/c1-22-10-11(9-21-22)16(24)23-8-2-3-12(23)13-14(18-5-4-17-13)15-19-6-7-20-15/h4-7,9-10,12H,2-3,8H2,1H3,(H,19,20)/t12-/m1/s1. The molecule has 3 aromatic rings. The number of carbonyl (C=O) groups is 1. The second-order valence-corrected chi connectivity index (χ2v) is 5.79. The summed E-state index contributed by atoms with van der Waals surface area (Å²) in [6.07, 6.45) is 11.9. The van der Waals surface area contributed by atoms with Crippen molar-refractivity contribution < 1.29 is 4.79 Å². The summed E-state index contributed by atoms with van der Waals surface area (Å²) < 4.78 is 1.63. The number of aromatic amines is 1. The second-order valence-electron chi connectivity index (χ2n) is 5.79. The number of hydrogen-bond donors (Lipinski definition) is 1. The predicted molar refractivity (Wildman–Crippen MR) is 85.8 cm³/mol. The van der Waals surface area contributed by atoms with Gasteiger partial charge in [0.25, 0.3) is 5.91 Å². The molecule has 1 amide bonds. The van der Waals surface area contributed by atoms with E-state index in [9.17, 15) is 4.79 Å². The van der Waals surface area contributed by atoms with Crippen LogP contribution < -0.4 is 0 Å². The highest BCUT2D eigenvalue weighted by atomic mass is 16.2. The maximum absolute atomic E-state index is 12.8. The molecule has 1 N–H and O–H groups in total. The van der Waals surface area contributed by atoms with E-state index in [-0.39, 0.29) is 11.9 Å². The molecule has 8 nitrogen and oxygen atoms in total. The number of rotatable bonds is 3. The molecule has 0 aliphatic carbocycles. The Labute approximate surface area is 138 Å². The third kappa shape index (κ3) is 2.45. The normalized spacial score (nSPS) is 17.4. The molecule has 0 saturated carbocycles. The first-order valence-electron chi connectivity index (χ1n) is 7.84. The Morgan fingerprint density at radius 2 is 2.12 bits per heavy atom. The number of nitrogens with one attached hydrogen (secondary N) is 1. The number of aromatic nitrogens is 6. The van der Waals surface area contributed by atoms with Crippen LogP contribution in [0.15, 0.2) is 37.2 Å². The molecule has 0 radical (unpaired) electrons. The lowest BCUT2D eigenvalue weighted by molar-refractivity contribution is 0.0733. The molecule has 0 aromatic carbocycles. The van der Waals surface area contributed by atoms with Gasteiger partial charge in [-0.15, -0.1) is 0 Å². The van der Waals surface area contributed by atoms with Crippen molar-refractivity contribution in [2.75, 3.05) is 6.54 Å². The Balaban J connectivity index is 1.70. The zero-order valence-corrected chi connectivity index (χ0v) is 13.3. The van der Waals surface area contributed by atoms with Gasteiger partial charge in [0.1, 0.15) is 5.69 Å². The highest BCUT2D eigenvalue weighted by Crippen LogP contribution is 2.35. The van der Waals surface area contributed by atoms with Crippen molar-refractivity contribution in [3.8, 4) is 11.5 Å². The van der Waals surface area contributed by atoms with Crippen molar-refractivity contribution in [3.63, 3.8) is 0 Å². The summed E-state index contributed by atoms with van der Waals surface area (Å²) in [4.78, 5) is 31.0. The summed E-state index contributed by atoms with van der Waals surface area (Å²) in [6, 6.07) is -0.105. The van der Waals surface area contributed by atoms with Crippen LogP contribution >= 0.6 is 0 Å².